The van der Waals surface area contributed by atoms with E-state index in [0.717, 1.165) is 0 Å². The Kier molecular flexibility index (Phi) is 139. The van der Waals surface area contributed by atoms with Gasteiger partial charge >= 0.3 is 75.5 Å². The Labute approximate surface area is 88.3 Å². The Bertz CT molecular complexity index is 4.00. The molecule has 0 atom stereocenters. The average Bonchev–Trinajstić information content (AvgIpc) is 0. The van der Waals surface area contributed by atoms with Crippen molar-refractivity contribution >= 4 is 75.5 Å². The third-order valence-electron chi connectivity index (χ3n) is 0. The molecule has 0 aliphatic heterocycles. The fourth-order valence-corrected chi connectivity index (χ4v) is 0. The summed E-state index contributed by atoms with van der Waals surface area (Å²) in [5, 5.41) is 0. The van der Waals surface area contributed by atoms with Crippen molar-refractivity contribution in [1.82, 2.24) is 0 Å². The molecular weight excluding hydrogens is 104 g/mol. The van der Waals surface area contributed by atoms with Crippen LogP contribution in [0, 0.1) is 0 Å². The maximum atomic E-state index is 0. The van der Waals surface area contributed by atoms with Crippen LogP contribution in [-0.2, 0) is 0 Å². The van der Waals surface area contributed by atoms with Crippen LogP contribution in [0.15, 0.2) is 0 Å². The molecule has 0 heterocycles. The molecule has 0 fully saturated rings. The van der Waals surface area contributed by atoms with Crippen molar-refractivity contribution in [3.8, 4) is 0 Å². The Hall–Kier alpha value is 2.52. The normalized spacial score (nSPS) is 0. The summed E-state index contributed by atoms with van der Waals surface area (Å²) in [7, 11) is 0. The second-order valence-corrected chi connectivity index (χ2v) is 0. The molecule has 0 radical (unpaired) electrons. The van der Waals surface area contributed by atoms with Crippen LogP contribution in [0.1, 0.15) is 14.9 Å². The van der Waals surface area contributed by atoms with E-state index in [9.17, 15) is 0 Å². The molecular formula is C2H12Ca2. The van der Waals surface area contributed by atoms with E-state index in [-0.39, 0.29) is 90.3 Å². The molecule has 0 amide bonds. The summed E-state index contributed by atoms with van der Waals surface area (Å²) in [4.78, 5) is 0. The van der Waals surface area contributed by atoms with Crippen LogP contribution in [0.2, 0.25) is 0 Å². The van der Waals surface area contributed by atoms with Crippen molar-refractivity contribution in [3.05, 3.63) is 0 Å². The minimum atomic E-state index is 0. The molecule has 0 N–H and O–H groups in total. The molecule has 0 aromatic carbocycles. The number of hydrogen-bond acceptors (Lipinski definition) is 0. The van der Waals surface area contributed by atoms with Crippen molar-refractivity contribution in [2.45, 2.75) is 14.9 Å². The van der Waals surface area contributed by atoms with Crippen molar-refractivity contribution in [3.63, 3.8) is 0 Å². The molecule has 0 saturated carbocycles. The maximum absolute atomic E-state index is 0. The van der Waals surface area contributed by atoms with Crippen LogP contribution >= 0.6 is 0 Å². The predicted octanol–water partition coefficient (Wildman–Crippen LogP) is -0.560. The fourth-order valence-electron chi connectivity index (χ4n) is 0. The van der Waals surface area contributed by atoms with E-state index < -0.39 is 0 Å². The summed E-state index contributed by atoms with van der Waals surface area (Å²) in [6.45, 7) is 0. The van der Waals surface area contributed by atoms with E-state index in [1.165, 1.54) is 0 Å². The monoisotopic (exact) mass is 116 g/mol. The molecule has 4 heavy (non-hydrogen) atoms. The third-order valence-corrected chi connectivity index (χ3v) is 0. The second kappa shape index (κ2) is 17.8. The van der Waals surface area contributed by atoms with E-state index in [2.05, 4.69) is 0 Å². The minimum absolute atomic E-state index is 0. The van der Waals surface area contributed by atoms with Gasteiger partial charge in [-0.3, -0.25) is 0 Å². The molecule has 0 bridgehead atoms. The first-order valence-electron chi connectivity index (χ1n) is 0. The van der Waals surface area contributed by atoms with Crippen LogP contribution in [-0.4, -0.2) is 75.5 Å². The van der Waals surface area contributed by atoms with Gasteiger partial charge in [-0.25, -0.2) is 0 Å². The molecule has 0 aromatic rings. The fraction of sp³-hybridized carbons (Fsp3) is 1.00. The first-order valence-corrected chi connectivity index (χ1v) is 0. The molecule has 0 rings (SSSR count). The van der Waals surface area contributed by atoms with Crippen molar-refractivity contribution < 1.29 is 0 Å². The average molecular weight is 116 g/mol. The molecule has 0 saturated heterocycles. The van der Waals surface area contributed by atoms with Crippen molar-refractivity contribution in [1.29, 1.82) is 0 Å². The molecule has 0 spiro atoms. The zero-order valence-electron chi connectivity index (χ0n) is 0. The van der Waals surface area contributed by atoms with Crippen LogP contribution in [0.3, 0.4) is 0 Å². The van der Waals surface area contributed by atoms with E-state index in [0.29, 0.717) is 0 Å². The first-order chi connectivity index (χ1) is 0. The molecule has 2 heteroatoms. The molecule has 0 aliphatic rings. The summed E-state index contributed by atoms with van der Waals surface area (Å²) in [5.74, 6) is 0. The Balaban J connectivity index is 0. The van der Waals surface area contributed by atoms with E-state index in [1.807, 2.05) is 0 Å². The molecule has 24 valence electrons. The summed E-state index contributed by atoms with van der Waals surface area (Å²) in [6.07, 6.45) is 0. The van der Waals surface area contributed by atoms with E-state index in [1.54, 1.807) is 0 Å². The molecule has 0 unspecified atom stereocenters. The quantitative estimate of drug-likeness (QED) is 0.372. The van der Waals surface area contributed by atoms with E-state index >= 15 is 0 Å². The molecule has 0 aliphatic carbocycles. The zero-order valence-corrected chi connectivity index (χ0v) is 0. The molecule has 0 nitrogen and oxygen atoms in total. The Morgan fingerprint density at radius 1 is 0.500 bits per heavy atom. The van der Waals surface area contributed by atoms with E-state index in [4.69, 9.17) is 0 Å². The van der Waals surface area contributed by atoms with Gasteiger partial charge < -0.3 is 0 Å². The Morgan fingerprint density at radius 2 is 0.500 bits per heavy atom. The summed E-state index contributed by atoms with van der Waals surface area (Å²) < 4.78 is 0. The van der Waals surface area contributed by atoms with Gasteiger partial charge in [0, 0.05) is 0 Å². The third kappa shape index (κ3) is 8.82. The van der Waals surface area contributed by atoms with Gasteiger partial charge in [-0.1, -0.05) is 14.9 Å². The van der Waals surface area contributed by atoms with Gasteiger partial charge in [-0.15, -0.1) is 0 Å². The van der Waals surface area contributed by atoms with Crippen molar-refractivity contribution in [2.75, 3.05) is 0 Å². The standard InChI is InChI=1S/2CH4.2Ca.4H/h2*1H4;;;;;;. The SMILES string of the molecule is C.C.[CaH2].[CaH2]. The van der Waals surface area contributed by atoms with Crippen LogP contribution in [0.5, 0.6) is 0 Å². The zero-order chi connectivity index (χ0) is 0. The first kappa shape index (κ1) is 31.3. The number of hydrogen-bond donors (Lipinski definition) is 0. The van der Waals surface area contributed by atoms with Gasteiger partial charge in [0.15, 0.2) is 0 Å². The Morgan fingerprint density at radius 3 is 0.500 bits per heavy atom. The van der Waals surface area contributed by atoms with Crippen LogP contribution < -0.4 is 0 Å². The van der Waals surface area contributed by atoms with Gasteiger partial charge in [0.05, 0.1) is 0 Å². The van der Waals surface area contributed by atoms with Crippen molar-refractivity contribution in [2.24, 2.45) is 0 Å². The second-order valence-electron chi connectivity index (χ2n) is 0. The topological polar surface area (TPSA) is 0 Å². The van der Waals surface area contributed by atoms with Gasteiger partial charge in [0.1, 0.15) is 0 Å². The van der Waals surface area contributed by atoms with Gasteiger partial charge in [-0.05, 0) is 0 Å². The van der Waals surface area contributed by atoms with Crippen LogP contribution in [0.4, 0.5) is 0 Å². The summed E-state index contributed by atoms with van der Waals surface area (Å²) >= 11 is 0. The summed E-state index contributed by atoms with van der Waals surface area (Å²) in [5.41, 5.74) is 0. The predicted molar refractivity (Wildman–Crippen MR) is 30.5 cm³/mol. The summed E-state index contributed by atoms with van der Waals surface area (Å²) in [6, 6.07) is 0. The number of rotatable bonds is 0. The van der Waals surface area contributed by atoms with Crippen LogP contribution in [0.25, 0.3) is 0 Å². The van der Waals surface area contributed by atoms with Gasteiger partial charge in [0.25, 0.3) is 0 Å². The van der Waals surface area contributed by atoms with Gasteiger partial charge in [0.2, 0.25) is 0 Å². The van der Waals surface area contributed by atoms with Gasteiger partial charge in [-0.2, -0.15) is 0 Å². The molecule has 0 aromatic heterocycles.